The molecule has 0 spiro atoms. The van der Waals surface area contributed by atoms with Crippen LogP contribution in [-0.2, 0) is 16.4 Å². The fourth-order valence-electron chi connectivity index (χ4n) is 2.48. The summed E-state index contributed by atoms with van der Waals surface area (Å²) < 4.78 is 36.9. The molecule has 2 N–H and O–H groups in total. The number of nitrogens with one attached hydrogen (secondary N) is 2. The zero-order valence-corrected chi connectivity index (χ0v) is 16.5. The molecule has 0 aliphatic carbocycles. The lowest BCUT2D eigenvalue weighted by molar-refractivity contribution is 0.0954. The molecule has 0 aliphatic rings. The van der Waals surface area contributed by atoms with Gasteiger partial charge in [0.2, 0.25) is 10.0 Å². The van der Waals surface area contributed by atoms with E-state index in [0.29, 0.717) is 24.5 Å². The zero-order chi connectivity index (χ0) is 20.6. The van der Waals surface area contributed by atoms with E-state index in [4.69, 9.17) is 15.9 Å². The molecule has 2 aromatic rings. The lowest BCUT2D eigenvalue weighted by Crippen LogP contribution is -2.27. The molecule has 0 atom stereocenters. The molecule has 0 saturated heterocycles. The number of amides is 1. The van der Waals surface area contributed by atoms with Gasteiger partial charge in [-0.15, -0.1) is 6.42 Å². The van der Waals surface area contributed by atoms with Gasteiger partial charge in [0.1, 0.15) is 0 Å². The Bertz CT molecular complexity index is 980. The third-order valence-electron chi connectivity index (χ3n) is 3.92. The third kappa shape index (κ3) is 5.49. The van der Waals surface area contributed by atoms with Crippen LogP contribution in [0.5, 0.6) is 11.5 Å². The van der Waals surface area contributed by atoms with Crippen molar-refractivity contribution in [3.63, 3.8) is 0 Å². The average molecular weight is 402 g/mol. The van der Waals surface area contributed by atoms with Crippen molar-refractivity contribution in [1.29, 1.82) is 0 Å². The van der Waals surface area contributed by atoms with Crippen LogP contribution in [0, 0.1) is 12.3 Å². The topological polar surface area (TPSA) is 93.7 Å². The highest BCUT2D eigenvalue weighted by atomic mass is 32.2. The van der Waals surface area contributed by atoms with Crippen molar-refractivity contribution in [3.8, 4) is 23.8 Å². The Morgan fingerprint density at radius 3 is 2.54 bits per heavy atom. The van der Waals surface area contributed by atoms with Gasteiger partial charge in [0, 0.05) is 12.1 Å². The van der Waals surface area contributed by atoms with E-state index in [2.05, 4.69) is 16.0 Å². The maximum atomic E-state index is 12.3. The van der Waals surface area contributed by atoms with Crippen molar-refractivity contribution < 1.29 is 22.7 Å². The predicted molar refractivity (Wildman–Crippen MR) is 106 cm³/mol. The minimum atomic E-state index is -3.75. The number of ether oxygens (including phenoxy) is 2. The molecular weight excluding hydrogens is 380 g/mol. The molecule has 1 amide bonds. The summed E-state index contributed by atoms with van der Waals surface area (Å²) in [7, 11) is -0.632. The summed E-state index contributed by atoms with van der Waals surface area (Å²) >= 11 is 0. The van der Waals surface area contributed by atoms with Crippen LogP contribution in [0.1, 0.15) is 15.9 Å². The first-order valence-electron chi connectivity index (χ1n) is 8.43. The van der Waals surface area contributed by atoms with Crippen molar-refractivity contribution in [1.82, 2.24) is 10.0 Å². The van der Waals surface area contributed by atoms with E-state index in [-0.39, 0.29) is 22.9 Å². The average Bonchev–Trinajstić information content (AvgIpc) is 2.72. The molecule has 0 fully saturated rings. The van der Waals surface area contributed by atoms with Crippen LogP contribution in [0.15, 0.2) is 47.4 Å². The Morgan fingerprint density at radius 2 is 1.86 bits per heavy atom. The molecule has 2 rings (SSSR count). The van der Waals surface area contributed by atoms with Crippen LogP contribution in [0.4, 0.5) is 0 Å². The largest absolute Gasteiger partial charge is 0.493 e. The van der Waals surface area contributed by atoms with Crippen LogP contribution in [0.3, 0.4) is 0 Å². The third-order valence-corrected chi connectivity index (χ3v) is 5.32. The molecule has 8 heteroatoms. The number of hydrogen-bond acceptors (Lipinski definition) is 5. The second kappa shape index (κ2) is 9.78. The second-order valence-corrected chi connectivity index (χ2v) is 7.52. The van der Waals surface area contributed by atoms with Crippen molar-refractivity contribution in [2.24, 2.45) is 0 Å². The first kappa shape index (κ1) is 21.3. The van der Waals surface area contributed by atoms with Gasteiger partial charge in [-0.2, -0.15) is 4.72 Å². The first-order chi connectivity index (χ1) is 13.4. The van der Waals surface area contributed by atoms with Gasteiger partial charge >= 0.3 is 0 Å². The van der Waals surface area contributed by atoms with E-state index in [1.165, 1.54) is 18.2 Å². The second-order valence-electron chi connectivity index (χ2n) is 5.75. The molecule has 148 valence electrons. The summed E-state index contributed by atoms with van der Waals surface area (Å²) in [6.07, 6.45) is 5.65. The van der Waals surface area contributed by atoms with Crippen LogP contribution in [-0.4, -0.2) is 41.6 Å². The lowest BCUT2D eigenvalue weighted by Gasteiger charge is -2.10. The van der Waals surface area contributed by atoms with E-state index in [0.717, 1.165) is 5.56 Å². The van der Waals surface area contributed by atoms with Gasteiger partial charge in [0.15, 0.2) is 11.5 Å². The summed E-state index contributed by atoms with van der Waals surface area (Å²) in [4.78, 5) is 12.3. The molecule has 2 aromatic carbocycles. The summed E-state index contributed by atoms with van der Waals surface area (Å²) in [5.41, 5.74) is 1.21. The summed E-state index contributed by atoms with van der Waals surface area (Å²) in [6.45, 7) is 0.255. The van der Waals surface area contributed by atoms with Gasteiger partial charge in [-0.25, -0.2) is 8.42 Å². The quantitative estimate of drug-likeness (QED) is 0.622. The molecule has 0 radical (unpaired) electrons. The van der Waals surface area contributed by atoms with Crippen LogP contribution in [0.25, 0.3) is 0 Å². The minimum absolute atomic E-state index is 0.0182. The van der Waals surface area contributed by atoms with E-state index >= 15 is 0 Å². The van der Waals surface area contributed by atoms with Gasteiger partial charge in [-0.1, -0.05) is 18.1 Å². The van der Waals surface area contributed by atoms with E-state index in [1.807, 2.05) is 12.1 Å². The number of methoxy groups -OCH3 is 2. The molecule has 0 heterocycles. The molecule has 0 aromatic heterocycles. The highest BCUT2D eigenvalue weighted by Gasteiger charge is 2.15. The number of benzene rings is 2. The summed E-state index contributed by atoms with van der Waals surface area (Å²) in [5.74, 6) is 3.08. The molecule has 0 saturated carbocycles. The fourth-order valence-corrected chi connectivity index (χ4v) is 3.46. The van der Waals surface area contributed by atoms with E-state index in [1.54, 1.807) is 26.4 Å². The highest BCUT2D eigenvalue weighted by molar-refractivity contribution is 7.89. The van der Waals surface area contributed by atoms with Crippen molar-refractivity contribution >= 4 is 15.9 Å². The van der Waals surface area contributed by atoms with Crippen LogP contribution in [0.2, 0.25) is 0 Å². The van der Waals surface area contributed by atoms with Crippen molar-refractivity contribution in [3.05, 3.63) is 53.6 Å². The summed E-state index contributed by atoms with van der Waals surface area (Å²) in [5, 5.41) is 2.78. The maximum Gasteiger partial charge on any atom is 0.251 e. The number of carbonyl (C=O) groups excluding carboxylic acids is 1. The number of sulfonamides is 1. The Balaban J connectivity index is 2.00. The smallest absolute Gasteiger partial charge is 0.251 e. The van der Waals surface area contributed by atoms with Crippen LogP contribution >= 0.6 is 0 Å². The summed E-state index contributed by atoms with van der Waals surface area (Å²) in [6, 6.07) is 11.3. The molecule has 0 aliphatic heterocycles. The number of carbonyl (C=O) groups is 1. The van der Waals surface area contributed by atoms with Crippen molar-refractivity contribution in [2.75, 3.05) is 27.3 Å². The van der Waals surface area contributed by atoms with Crippen LogP contribution < -0.4 is 19.5 Å². The Labute approximate surface area is 165 Å². The highest BCUT2D eigenvalue weighted by Crippen LogP contribution is 2.27. The fraction of sp³-hybridized carbons (Fsp3) is 0.250. The molecular formula is C20H22N2O5S. The Kier molecular flexibility index (Phi) is 7.44. The number of terminal acetylenes is 1. The Morgan fingerprint density at radius 1 is 1.11 bits per heavy atom. The molecule has 0 bridgehead atoms. The first-order valence-corrected chi connectivity index (χ1v) is 9.92. The molecule has 0 unspecified atom stereocenters. The van der Waals surface area contributed by atoms with Gasteiger partial charge in [-0.3, -0.25) is 4.79 Å². The number of hydrogen-bond donors (Lipinski definition) is 2. The zero-order valence-electron chi connectivity index (χ0n) is 15.7. The number of rotatable bonds is 9. The van der Waals surface area contributed by atoms with E-state index in [9.17, 15) is 13.2 Å². The molecule has 28 heavy (non-hydrogen) atoms. The Hall–Kier alpha value is -3.02. The van der Waals surface area contributed by atoms with Gasteiger partial charge in [-0.05, 0) is 42.3 Å². The van der Waals surface area contributed by atoms with E-state index < -0.39 is 10.0 Å². The minimum Gasteiger partial charge on any atom is -0.493 e. The molecule has 7 nitrogen and oxygen atoms in total. The van der Waals surface area contributed by atoms with Gasteiger partial charge in [0.25, 0.3) is 5.91 Å². The van der Waals surface area contributed by atoms with Gasteiger partial charge in [0.05, 0.1) is 25.7 Å². The SMILES string of the molecule is C#CCNS(=O)(=O)c1cccc(C(=O)NCCc2ccc(OC)c(OC)c2)c1. The predicted octanol–water partition coefficient (Wildman–Crippen LogP) is 1.59. The van der Waals surface area contributed by atoms with Crippen molar-refractivity contribution in [2.45, 2.75) is 11.3 Å². The monoisotopic (exact) mass is 402 g/mol. The standard InChI is InChI=1S/C20H22N2O5S/c1-4-11-22-28(24,25)17-7-5-6-16(14-17)20(23)21-12-10-15-8-9-18(26-2)19(13-15)27-3/h1,5-9,13-14,22H,10-12H2,2-3H3,(H,21,23). The lowest BCUT2D eigenvalue weighted by atomic mass is 10.1. The normalized spacial score (nSPS) is 10.8. The van der Waals surface area contributed by atoms with Gasteiger partial charge < -0.3 is 14.8 Å². The maximum absolute atomic E-state index is 12.3.